The molecule has 0 aromatic rings. The van der Waals surface area contributed by atoms with E-state index in [-0.39, 0.29) is 25.7 Å². The normalized spacial score (nSPS) is 14.9. The van der Waals surface area contributed by atoms with E-state index in [1.165, 1.54) is 128 Å². The first-order chi connectivity index (χ1) is 42.2. The second-order valence-corrected chi connectivity index (χ2v) is 29.3. The molecule has 0 bridgehead atoms. The number of hydrogen-bond acceptors (Lipinski definition) is 15. The van der Waals surface area contributed by atoms with Gasteiger partial charge in [0.1, 0.15) is 19.3 Å². The molecule has 17 nitrogen and oxygen atoms in total. The van der Waals surface area contributed by atoms with Crippen molar-refractivity contribution in [3.8, 4) is 0 Å². The molecule has 0 amide bonds. The molecule has 0 radical (unpaired) electrons. The third-order valence-corrected chi connectivity index (χ3v) is 18.4. The lowest BCUT2D eigenvalue weighted by Gasteiger charge is -2.21. The number of phosphoric acid groups is 2. The lowest BCUT2D eigenvalue weighted by molar-refractivity contribution is -0.161. The maximum absolute atomic E-state index is 13.0. The Morgan fingerprint density at radius 3 is 0.807 bits per heavy atom. The number of rotatable bonds is 66. The number of carbonyl (C=O) groups excluding carboxylic acids is 4. The van der Waals surface area contributed by atoms with E-state index in [0.717, 1.165) is 120 Å². The standard InChI is InChI=1S/C69H134O17P2/c1-9-61(7)47-39-31-22-18-15-16-20-24-36-44-52-69(74)85-64(55-79-66(71)49-41-33-27-25-30-38-46-60(5)6)57-83-87(75,76)81-53-63(70)54-82-88(77,78)84-58-65(56-80-67(72)50-42-34-28-26-32-40-48-62(8)10-2)86-68(73)51-43-35-23-19-14-12-11-13-17-21-29-37-45-59(3)4/h59-65,70H,9-58H2,1-8H3,(H,75,76)(H,77,78)/t61?,62?,63-,64+,65+/m0/s1. The topological polar surface area (TPSA) is 237 Å². The molecule has 7 atom stereocenters. The average Bonchev–Trinajstić information content (AvgIpc) is 3.70. The molecule has 0 aliphatic carbocycles. The molecule has 0 saturated carbocycles. The van der Waals surface area contributed by atoms with Crippen LogP contribution in [-0.4, -0.2) is 96.7 Å². The van der Waals surface area contributed by atoms with Gasteiger partial charge < -0.3 is 33.8 Å². The van der Waals surface area contributed by atoms with Crippen molar-refractivity contribution < 1.29 is 80.2 Å². The fourth-order valence-corrected chi connectivity index (χ4v) is 11.8. The van der Waals surface area contributed by atoms with E-state index in [4.69, 9.17) is 37.0 Å². The Bertz CT molecular complexity index is 1750. The summed E-state index contributed by atoms with van der Waals surface area (Å²) in [6.45, 7) is 14.1. The van der Waals surface area contributed by atoms with E-state index >= 15 is 0 Å². The summed E-state index contributed by atoms with van der Waals surface area (Å²) < 4.78 is 68.2. The molecule has 0 rings (SSSR count). The van der Waals surface area contributed by atoms with Gasteiger partial charge in [-0.2, -0.15) is 0 Å². The van der Waals surface area contributed by atoms with Crippen LogP contribution in [0.2, 0.25) is 0 Å². The van der Waals surface area contributed by atoms with Crippen molar-refractivity contribution in [2.24, 2.45) is 23.7 Å². The number of esters is 4. The molecule has 0 aliphatic heterocycles. The molecule has 0 spiro atoms. The zero-order valence-corrected chi connectivity index (χ0v) is 59.1. The molecule has 0 aromatic carbocycles. The highest BCUT2D eigenvalue weighted by Crippen LogP contribution is 2.45. The van der Waals surface area contributed by atoms with E-state index < -0.39 is 97.5 Å². The molecule has 0 fully saturated rings. The van der Waals surface area contributed by atoms with Crippen molar-refractivity contribution in [2.45, 2.75) is 356 Å². The highest BCUT2D eigenvalue weighted by atomic mass is 31.2. The quantitative estimate of drug-likeness (QED) is 0.0222. The number of carbonyl (C=O) groups is 4. The minimum Gasteiger partial charge on any atom is -0.462 e. The van der Waals surface area contributed by atoms with Crippen LogP contribution < -0.4 is 0 Å². The first-order valence-corrected chi connectivity index (χ1v) is 38.8. The third kappa shape index (κ3) is 60.3. The van der Waals surface area contributed by atoms with E-state index in [1.807, 2.05) is 0 Å². The zero-order chi connectivity index (χ0) is 65.4. The first kappa shape index (κ1) is 86.1. The molecule has 0 aromatic heterocycles. The Labute approximate surface area is 537 Å². The molecule has 522 valence electrons. The molecule has 4 unspecified atom stereocenters. The van der Waals surface area contributed by atoms with Gasteiger partial charge in [-0.15, -0.1) is 0 Å². The van der Waals surface area contributed by atoms with Crippen molar-refractivity contribution in [3.63, 3.8) is 0 Å². The van der Waals surface area contributed by atoms with E-state index in [0.29, 0.717) is 31.6 Å². The second-order valence-electron chi connectivity index (χ2n) is 26.4. The zero-order valence-electron chi connectivity index (χ0n) is 57.3. The van der Waals surface area contributed by atoms with Crippen LogP contribution in [0.1, 0.15) is 338 Å². The van der Waals surface area contributed by atoms with Gasteiger partial charge in [0.25, 0.3) is 0 Å². The van der Waals surface area contributed by atoms with E-state index in [2.05, 4.69) is 55.4 Å². The van der Waals surface area contributed by atoms with Crippen LogP contribution in [0.25, 0.3) is 0 Å². The van der Waals surface area contributed by atoms with Gasteiger partial charge in [0.05, 0.1) is 26.4 Å². The minimum absolute atomic E-state index is 0.104. The fraction of sp³-hybridized carbons (Fsp3) is 0.942. The fourth-order valence-electron chi connectivity index (χ4n) is 10.2. The number of aliphatic hydroxyl groups is 1. The van der Waals surface area contributed by atoms with Crippen LogP contribution >= 0.6 is 15.6 Å². The van der Waals surface area contributed by atoms with Crippen LogP contribution in [0, 0.1) is 23.7 Å². The van der Waals surface area contributed by atoms with Crippen LogP contribution in [0.3, 0.4) is 0 Å². The van der Waals surface area contributed by atoms with Gasteiger partial charge in [-0.1, -0.05) is 287 Å². The summed E-state index contributed by atoms with van der Waals surface area (Å²) in [6.07, 6.45) is 40.4. The Morgan fingerprint density at radius 2 is 0.545 bits per heavy atom. The van der Waals surface area contributed by atoms with Gasteiger partial charge >= 0.3 is 39.5 Å². The SMILES string of the molecule is CCC(C)CCCCCCCCCCCCC(=O)O[C@H](COC(=O)CCCCCCCCC(C)C)COP(=O)(O)OC[C@H](O)COP(=O)(O)OC[C@@H](COC(=O)CCCCCCCCC(C)CC)OC(=O)CCCCCCCCCCCCCCC(C)C. The summed E-state index contributed by atoms with van der Waals surface area (Å²) in [5.41, 5.74) is 0. The van der Waals surface area contributed by atoms with Gasteiger partial charge in [-0.3, -0.25) is 37.3 Å². The number of hydrogen-bond donors (Lipinski definition) is 3. The Hall–Kier alpha value is -1.94. The molecule has 19 heteroatoms. The molecule has 0 saturated heterocycles. The van der Waals surface area contributed by atoms with E-state index in [1.54, 1.807) is 0 Å². The highest BCUT2D eigenvalue weighted by molar-refractivity contribution is 7.47. The number of phosphoric ester groups is 2. The Morgan fingerprint density at radius 1 is 0.318 bits per heavy atom. The maximum Gasteiger partial charge on any atom is 0.472 e. The number of unbranched alkanes of at least 4 members (excludes halogenated alkanes) is 30. The molecular formula is C69H134O17P2. The summed E-state index contributed by atoms with van der Waals surface area (Å²) in [5, 5.41) is 10.6. The van der Waals surface area contributed by atoms with E-state index in [9.17, 15) is 43.2 Å². The van der Waals surface area contributed by atoms with Crippen molar-refractivity contribution in [3.05, 3.63) is 0 Å². The summed E-state index contributed by atoms with van der Waals surface area (Å²) >= 11 is 0. The molecule has 3 N–H and O–H groups in total. The summed E-state index contributed by atoms with van der Waals surface area (Å²) in [5.74, 6) is 0.857. The summed E-state index contributed by atoms with van der Waals surface area (Å²) in [4.78, 5) is 72.5. The van der Waals surface area contributed by atoms with Crippen molar-refractivity contribution in [1.29, 1.82) is 0 Å². The predicted molar refractivity (Wildman–Crippen MR) is 354 cm³/mol. The first-order valence-electron chi connectivity index (χ1n) is 35.8. The third-order valence-electron chi connectivity index (χ3n) is 16.5. The second kappa shape index (κ2) is 58.8. The van der Waals surface area contributed by atoms with Crippen molar-refractivity contribution in [1.82, 2.24) is 0 Å². The van der Waals surface area contributed by atoms with Crippen molar-refractivity contribution >= 4 is 39.5 Å². The lowest BCUT2D eigenvalue weighted by Crippen LogP contribution is -2.30. The Balaban J connectivity index is 5.25. The van der Waals surface area contributed by atoms with Gasteiger partial charge in [0.15, 0.2) is 12.2 Å². The summed E-state index contributed by atoms with van der Waals surface area (Å²) in [6, 6.07) is 0. The molecule has 88 heavy (non-hydrogen) atoms. The largest absolute Gasteiger partial charge is 0.472 e. The van der Waals surface area contributed by atoms with Crippen LogP contribution in [0.15, 0.2) is 0 Å². The maximum atomic E-state index is 13.0. The van der Waals surface area contributed by atoms with Crippen molar-refractivity contribution in [2.75, 3.05) is 39.6 Å². The number of ether oxygens (including phenoxy) is 4. The number of aliphatic hydroxyl groups excluding tert-OH is 1. The smallest absolute Gasteiger partial charge is 0.462 e. The molecule has 0 aliphatic rings. The van der Waals surface area contributed by atoms with Gasteiger partial charge in [-0.05, 0) is 49.4 Å². The minimum atomic E-state index is -4.95. The van der Waals surface area contributed by atoms with Gasteiger partial charge in [0, 0.05) is 25.7 Å². The van der Waals surface area contributed by atoms with Crippen LogP contribution in [0.4, 0.5) is 0 Å². The van der Waals surface area contributed by atoms with Gasteiger partial charge in [0.2, 0.25) is 0 Å². The molecule has 0 heterocycles. The molecular weight excluding hydrogens is 1160 g/mol. The lowest BCUT2D eigenvalue weighted by atomic mass is 9.99. The predicted octanol–water partition coefficient (Wildman–Crippen LogP) is 19.3. The summed E-state index contributed by atoms with van der Waals surface area (Å²) in [7, 11) is -9.90. The van der Waals surface area contributed by atoms with Crippen LogP contribution in [0.5, 0.6) is 0 Å². The average molecular weight is 1300 g/mol. The monoisotopic (exact) mass is 1300 g/mol. The van der Waals surface area contributed by atoms with Crippen LogP contribution in [-0.2, 0) is 65.4 Å². The Kier molecular flexibility index (Phi) is 57.6. The highest BCUT2D eigenvalue weighted by Gasteiger charge is 2.30. The van der Waals surface area contributed by atoms with Gasteiger partial charge in [-0.25, -0.2) is 9.13 Å².